The van der Waals surface area contributed by atoms with Crippen molar-refractivity contribution in [3.8, 4) is 11.6 Å². The lowest BCUT2D eigenvalue weighted by Crippen LogP contribution is -2.27. The van der Waals surface area contributed by atoms with Crippen LogP contribution in [0.25, 0.3) is 5.82 Å². The zero-order chi connectivity index (χ0) is 22.1. The molecule has 0 saturated heterocycles. The lowest BCUT2D eigenvalue weighted by Gasteiger charge is -2.18. The number of methoxy groups -OCH3 is 1. The molecular weight excluding hydrogens is 397 g/mol. The molecule has 3 aromatic rings. The van der Waals surface area contributed by atoms with Crippen LogP contribution in [-0.2, 0) is 6.18 Å². The van der Waals surface area contributed by atoms with Gasteiger partial charge in [0.15, 0.2) is 5.82 Å². The van der Waals surface area contributed by atoms with E-state index in [2.05, 4.69) is 15.4 Å². The molecule has 0 radical (unpaired) electrons. The van der Waals surface area contributed by atoms with Crippen LogP contribution < -0.4 is 10.1 Å². The first kappa shape index (κ1) is 21.4. The summed E-state index contributed by atoms with van der Waals surface area (Å²) >= 11 is 0. The molecule has 6 nitrogen and oxygen atoms in total. The van der Waals surface area contributed by atoms with E-state index in [1.807, 2.05) is 32.0 Å². The maximum Gasteiger partial charge on any atom is 0.417 e. The Morgan fingerprint density at radius 1 is 1.17 bits per heavy atom. The zero-order valence-electron chi connectivity index (χ0n) is 16.9. The molecule has 158 valence electrons. The van der Waals surface area contributed by atoms with Crippen molar-refractivity contribution in [1.82, 2.24) is 20.1 Å². The summed E-state index contributed by atoms with van der Waals surface area (Å²) in [6, 6.07) is 7.50. The number of nitrogens with zero attached hydrogens (tertiary/aromatic N) is 3. The molecule has 1 atom stereocenters. The molecule has 2 aromatic heterocycles. The average molecular weight is 418 g/mol. The van der Waals surface area contributed by atoms with E-state index in [0.29, 0.717) is 17.0 Å². The van der Waals surface area contributed by atoms with E-state index in [0.717, 1.165) is 23.4 Å². The summed E-state index contributed by atoms with van der Waals surface area (Å²) in [5.41, 5.74) is 1.78. The maximum absolute atomic E-state index is 12.8. The molecule has 30 heavy (non-hydrogen) atoms. The molecule has 1 N–H and O–H groups in total. The van der Waals surface area contributed by atoms with Crippen LogP contribution in [0.1, 0.15) is 45.7 Å². The van der Waals surface area contributed by atoms with Gasteiger partial charge in [0.1, 0.15) is 5.75 Å². The average Bonchev–Trinajstić information content (AvgIpc) is 3.08. The largest absolute Gasteiger partial charge is 0.496 e. The summed E-state index contributed by atoms with van der Waals surface area (Å²) < 4.78 is 44.9. The minimum Gasteiger partial charge on any atom is -0.496 e. The number of benzene rings is 1. The van der Waals surface area contributed by atoms with E-state index >= 15 is 0 Å². The van der Waals surface area contributed by atoms with Gasteiger partial charge in [-0.05, 0) is 39.0 Å². The summed E-state index contributed by atoms with van der Waals surface area (Å²) in [4.78, 5) is 16.6. The number of hydrogen-bond acceptors (Lipinski definition) is 4. The van der Waals surface area contributed by atoms with Crippen LogP contribution in [0.3, 0.4) is 0 Å². The van der Waals surface area contributed by atoms with E-state index < -0.39 is 11.7 Å². The Morgan fingerprint density at radius 3 is 2.50 bits per heavy atom. The van der Waals surface area contributed by atoms with Gasteiger partial charge in [-0.1, -0.05) is 17.7 Å². The molecule has 0 aliphatic carbocycles. The van der Waals surface area contributed by atoms with Crippen molar-refractivity contribution in [2.75, 3.05) is 7.11 Å². The Kier molecular flexibility index (Phi) is 5.82. The number of ether oxygens (including phenoxy) is 1. The number of amides is 1. The monoisotopic (exact) mass is 418 g/mol. The van der Waals surface area contributed by atoms with Gasteiger partial charge in [0.2, 0.25) is 0 Å². The Labute approximate surface area is 171 Å². The van der Waals surface area contributed by atoms with Crippen molar-refractivity contribution in [3.05, 3.63) is 70.7 Å². The van der Waals surface area contributed by atoms with Crippen LogP contribution in [0.15, 0.2) is 42.7 Å². The van der Waals surface area contributed by atoms with Crippen molar-refractivity contribution >= 4 is 5.91 Å². The molecular formula is C21H21F3N4O2. The molecule has 0 aliphatic rings. The number of hydrogen-bond donors (Lipinski definition) is 1. The van der Waals surface area contributed by atoms with Gasteiger partial charge in [-0.25, -0.2) is 9.67 Å². The molecule has 0 saturated carbocycles. The van der Waals surface area contributed by atoms with Crippen molar-refractivity contribution in [3.63, 3.8) is 0 Å². The van der Waals surface area contributed by atoms with E-state index in [1.54, 1.807) is 14.0 Å². The van der Waals surface area contributed by atoms with Crippen molar-refractivity contribution in [2.24, 2.45) is 0 Å². The quantitative estimate of drug-likeness (QED) is 0.667. The number of pyridine rings is 1. The topological polar surface area (TPSA) is 69.0 Å². The molecule has 0 spiro atoms. The van der Waals surface area contributed by atoms with Crippen LogP contribution >= 0.6 is 0 Å². The van der Waals surface area contributed by atoms with Crippen LogP contribution in [0.2, 0.25) is 0 Å². The SMILES string of the molecule is COc1ccc(C)cc1C(C)NC(=O)c1cnn(-c2ccc(C(F)(F)F)cn2)c1C. The van der Waals surface area contributed by atoms with Crippen LogP contribution in [0, 0.1) is 13.8 Å². The van der Waals surface area contributed by atoms with E-state index in [1.165, 1.54) is 16.9 Å². The Morgan fingerprint density at radius 2 is 1.90 bits per heavy atom. The first-order valence-corrected chi connectivity index (χ1v) is 9.15. The third kappa shape index (κ3) is 4.29. The van der Waals surface area contributed by atoms with Gasteiger partial charge in [0, 0.05) is 11.8 Å². The highest BCUT2D eigenvalue weighted by Gasteiger charge is 2.31. The highest BCUT2D eigenvalue weighted by atomic mass is 19.4. The number of halogens is 3. The molecule has 0 fully saturated rings. The predicted molar refractivity (Wildman–Crippen MR) is 105 cm³/mol. The first-order valence-electron chi connectivity index (χ1n) is 9.15. The van der Waals surface area contributed by atoms with Gasteiger partial charge >= 0.3 is 6.18 Å². The fraction of sp³-hybridized carbons (Fsp3) is 0.286. The second-order valence-corrected chi connectivity index (χ2v) is 6.90. The molecule has 2 heterocycles. The Hall–Kier alpha value is -3.36. The molecule has 0 aliphatic heterocycles. The number of carbonyl (C=O) groups is 1. The molecule has 9 heteroatoms. The van der Waals surface area contributed by atoms with Crippen LogP contribution in [0.5, 0.6) is 5.75 Å². The van der Waals surface area contributed by atoms with E-state index in [9.17, 15) is 18.0 Å². The fourth-order valence-electron chi connectivity index (χ4n) is 3.09. The number of rotatable bonds is 5. The molecule has 1 unspecified atom stereocenters. The predicted octanol–water partition coefficient (Wildman–Crippen LogP) is 4.40. The van der Waals surface area contributed by atoms with E-state index in [-0.39, 0.29) is 17.8 Å². The van der Waals surface area contributed by atoms with Crippen LogP contribution in [0.4, 0.5) is 13.2 Å². The van der Waals surface area contributed by atoms with Gasteiger partial charge in [-0.3, -0.25) is 4.79 Å². The summed E-state index contributed by atoms with van der Waals surface area (Å²) in [6.07, 6.45) is -2.37. The number of aromatic nitrogens is 3. The molecule has 1 amide bonds. The summed E-state index contributed by atoms with van der Waals surface area (Å²) in [5, 5.41) is 7.02. The lowest BCUT2D eigenvalue weighted by molar-refractivity contribution is -0.137. The highest BCUT2D eigenvalue weighted by Crippen LogP contribution is 2.29. The van der Waals surface area contributed by atoms with Gasteiger partial charge in [0.05, 0.1) is 36.2 Å². The third-order valence-electron chi connectivity index (χ3n) is 4.75. The summed E-state index contributed by atoms with van der Waals surface area (Å²) in [6.45, 7) is 5.44. The van der Waals surface area contributed by atoms with Crippen molar-refractivity contribution < 1.29 is 22.7 Å². The third-order valence-corrected chi connectivity index (χ3v) is 4.75. The maximum atomic E-state index is 12.8. The lowest BCUT2D eigenvalue weighted by atomic mass is 10.0. The Balaban J connectivity index is 1.82. The minimum absolute atomic E-state index is 0.188. The summed E-state index contributed by atoms with van der Waals surface area (Å²) in [5.74, 6) is 0.490. The molecule has 0 bridgehead atoms. The minimum atomic E-state index is -4.47. The fourth-order valence-corrected chi connectivity index (χ4v) is 3.09. The molecule has 3 rings (SSSR count). The number of alkyl halides is 3. The van der Waals surface area contributed by atoms with Crippen molar-refractivity contribution in [2.45, 2.75) is 33.0 Å². The first-order chi connectivity index (χ1) is 14.1. The number of nitrogens with one attached hydrogen (secondary N) is 1. The number of carbonyl (C=O) groups excluding carboxylic acids is 1. The zero-order valence-corrected chi connectivity index (χ0v) is 16.9. The highest BCUT2D eigenvalue weighted by molar-refractivity contribution is 5.95. The van der Waals surface area contributed by atoms with Crippen LogP contribution in [-0.4, -0.2) is 27.8 Å². The van der Waals surface area contributed by atoms with Crippen molar-refractivity contribution in [1.29, 1.82) is 0 Å². The molecule has 1 aromatic carbocycles. The van der Waals surface area contributed by atoms with Gasteiger partial charge in [0.25, 0.3) is 5.91 Å². The normalized spacial score (nSPS) is 12.5. The van der Waals surface area contributed by atoms with Gasteiger partial charge in [-0.15, -0.1) is 0 Å². The summed E-state index contributed by atoms with van der Waals surface area (Å²) in [7, 11) is 1.56. The number of aryl methyl sites for hydroxylation is 1. The smallest absolute Gasteiger partial charge is 0.417 e. The Bertz CT molecular complexity index is 1060. The van der Waals surface area contributed by atoms with E-state index in [4.69, 9.17) is 4.74 Å². The van der Waals surface area contributed by atoms with Gasteiger partial charge < -0.3 is 10.1 Å². The standard InChI is InChI=1S/C21H21F3N4O2/c1-12-5-7-18(30-4)16(9-12)13(2)27-20(29)17-11-26-28(14(17)3)19-8-6-15(10-25-19)21(22,23)24/h5-11,13H,1-4H3,(H,27,29). The van der Waals surface area contributed by atoms with Gasteiger partial charge in [-0.2, -0.15) is 18.3 Å². The second kappa shape index (κ2) is 8.17. The second-order valence-electron chi connectivity index (χ2n) is 6.90.